The second kappa shape index (κ2) is 8.65. The third-order valence-electron chi connectivity index (χ3n) is 4.22. The van der Waals surface area contributed by atoms with Crippen LogP contribution >= 0.6 is 0 Å². The number of nitrogens with zero attached hydrogens (tertiary/aromatic N) is 1. The van der Waals surface area contributed by atoms with Gasteiger partial charge in [-0.25, -0.2) is 0 Å². The highest BCUT2D eigenvalue weighted by atomic mass is 16.3. The zero-order chi connectivity index (χ0) is 17.4. The van der Waals surface area contributed by atoms with Crippen molar-refractivity contribution in [1.29, 1.82) is 0 Å². The molecule has 0 aliphatic heterocycles. The van der Waals surface area contributed by atoms with Crippen LogP contribution in [-0.4, -0.2) is 49.6 Å². The summed E-state index contributed by atoms with van der Waals surface area (Å²) >= 11 is 0. The van der Waals surface area contributed by atoms with E-state index in [1.165, 1.54) is 0 Å². The van der Waals surface area contributed by atoms with Crippen LogP contribution in [0.15, 0.2) is 48.5 Å². The second-order valence-corrected chi connectivity index (χ2v) is 5.80. The van der Waals surface area contributed by atoms with Gasteiger partial charge in [-0.2, -0.15) is 0 Å². The number of quaternary nitrogens is 1. The Bertz CT molecular complexity index is 568. The number of anilines is 2. The van der Waals surface area contributed by atoms with Gasteiger partial charge < -0.3 is 27.0 Å². The van der Waals surface area contributed by atoms with Gasteiger partial charge >= 0.3 is 0 Å². The summed E-state index contributed by atoms with van der Waals surface area (Å²) in [6.07, 6.45) is 0. The van der Waals surface area contributed by atoms with Gasteiger partial charge in [0.15, 0.2) is 0 Å². The maximum Gasteiger partial charge on any atom is 0.138 e. The van der Waals surface area contributed by atoms with E-state index < -0.39 is 0 Å². The first-order valence-corrected chi connectivity index (χ1v) is 8.14. The van der Waals surface area contributed by atoms with Crippen molar-refractivity contribution < 1.29 is 10.2 Å². The van der Waals surface area contributed by atoms with Crippen LogP contribution in [0.3, 0.4) is 0 Å². The summed E-state index contributed by atoms with van der Waals surface area (Å²) in [5.74, 6) is 0. The Kier molecular flexibility index (Phi) is 6.57. The number of nitrogens with two attached hydrogens (primary N) is 2. The molecule has 7 N–H and O–H groups in total. The average Bonchev–Trinajstić information content (AvgIpc) is 2.59. The number of nitrogen functional groups attached to an aromatic ring is 2. The molecule has 0 aliphatic rings. The molecule has 130 valence electrons. The Hall–Kier alpha value is -2.12. The van der Waals surface area contributed by atoms with Crippen LogP contribution in [0.2, 0.25) is 0 Å². The van der Waals surface area contributed by atoms with Gasteiger partial charge in [-0.15, -0.1) is 0 Å². The highest BCUT2D eigenvalue weighted by Crippen LogP contribution is 2.35. The van der Waals surface area contributed by atoms with Crippen molar-refractivity contribution in [2.75, 3.05) is 50.9 Å². The fraction of sp³-hybridized carbons (Fsp3) is 0.333. The van der Waals surface area contributed by atoms with Crippen molar-refractivity contribution >= 4 is 22.7 Å². The third kappa shape index (κ3) is 4.24. The van der Waals surface area contributed by atoms with Crippen LogP contribution in [0.25, 0.3) is 0 Å². The van der Waals surface area contributed by atoms with Gasteiger partial charge in [0, 0.05) is 48.7 Å². The summed E-state index contributed by atoms with van der Waals surface area (Å²) in [5, 5.41) is 21.9. The number of aliphatic hydroxyl groups excluding tert-OH is 2. The number of benzene rings is 2. The molecule has 2 aromatic rings. The monoisotopic (exact) mass is 331 g/mol. The molecule has 0 aliphatic carbocycles. The second-order valence-electron chi connectivity index (χ2n) is 5.80. The molecule has 6 heteroatoms. The lowest BCUT2D eigenvalue weighted by Crippen LogP contribution is -2.50. The van der Waals surface area contributed by atoms with Crippen LogP contribution < -0.4 is 21.3 Å². The van der Waals surface area contributed by atoms with Crippen LogP contribution in [0.1, 0.15) is 0 Å². The lowest BCUT2D eigenvalue weighted by atomic mass is 10.1. The van der Waals surface area contributed by atoms with E-state index in [-0.39, 0.29) is 13.2 Å². The maximum atomic E-state index is 9.71. The maximum absolute atomic E-state index is 9.71. The summed E-state index contributed by atoms with van der Waals surface area (Å²) in [7, 11) is 0. The molecule has 6 nitrogen and oxygen atoms in total. The van der Waals surface area contributed by atoms with Crippen molar-refractivity contribution in [1.82, 2.24) is 9.80 Å². The van der Waals surface area contributed by atoms with Gasteiger partial charge in [0.1, 0.15) is 24.5 Å². The number of hydrogen-bond donors (Lipinski definition) is 5. The lowest BCUT2D eigenvalue weighted by molar-refractivity contribution is 0.238. The lowest BCUT2D eigenvalue weighted by Gasteiger charge is -2.37. The van der Waals surface area contributed by atoms with Gasteiger partial charge in [0.2, 0.25) is 0 Å². The predicted molar refractivity (Wildman–Crippen MR) is 99.9 cm³/mol. The predicted octanol–water partition coefficient (Wildman–Crippen LogP) is 1.06. The standard InChI is InChI=1S/C18H27N4O2/c19-15-1-5-17(6-2-15)22(12-14-24,11-9-21-10-13-23)18-7-3-16(20)4-8-18/h1-8,21,23-24H,9-14,19-20H2/q+1. The Morgan fingerprint density at radius 2 is 1.21 bits per heavy atom. The zero-order valence-electron chi connectivity index (χ0n) is 13.9. The molecule has 0 spiro atoms. The van der Waals surface area contributed by atoms with Crippen LogP contribution in [0, 0.1) is 0 Å². The topological polar surface area (TPSA) is 105 Å². The van der Waals surface area contributed by atoms with Gasteiger partial charge in [0.25, 0.3) is 0 Å². The van der Waals surface area contributed by atoms with Crippen molar-refractivity contribution in [3.05, 3.63) is 48.5 Å². The first-order chi connectivity index (χ1) is 11.6. The van der Waals surface area contributed by atoms with Crippen molar-refractivity contribution in [2.45, 2.75) is 0 Å². The minimum atomic E-state index is 0.0504. The highest BCUT2D eigenvalue weighted by Gasteiger charge is 2.32. The van der Waals surface area contributed by atoms with Gasteiger partial charge in [0.05, 0.1) is 13.2 Å². The summed E-state index contributed by atoms with van der Waals surface area (Å²) < 4.78 is 0.482. The Morgan fingerprint density at radius 1 is 0.708 bits per heavy atom. The van der Waals surface area contributed by atoms with Crippen molar-refractivity contribution in [3.8, 4) is 0 Å². The van der Waals surface area contributed by atoms with Crippen LogP contribution in [0.4, 0.5) is 22.7 Å². The van der Waals surface area contributed by atoms with Crippen molar-refractivity contribution in [3.63, 3.8) is 0 Å². The smallest absolute Gasteiger partial charge is 0.138 e. The summed E-state index contributed by atoms with van der Waals surface area (Å²) in [5.41, 5.74) is 15.2. The molecular formula is C18H27N4O2+. The van der Waals surface area contributed by atoms with Gasteiger partial charge in [-0.05, 0) is 24.3 Å². The Labute approximate surface area is 142 Å². The van der Waals surface area contributed by atoms with E-state index in [0.29, 0.717) is 35.5 Å². The molecule has 24 heavy (non-hydrogen) atoms. The van der Waals surface area contributed by atoms with E-state index in [9.17, 15) is 5.11 Å². The quantitative estimate of drug-likeness (QED) is 0.268. The molecule has 0 saturated heterocycles. The summed E-state index contributed by atoms with van der Waals surface area (Å²) in [4.78, 5) is 0. The number of nitrogens with one attached hydrogen (secondary N) is 1. The molecule has 0 bridgehead atoms. The average molecular weight is 331 g/mol. The number of hydrogen-bond acceptors (Lipinski definition) is 5. The molecule has 0 aromatic heterocycles. The molecule has 0 atom stereocenters. The fourth-order valence-electron chi connectivity index (χ4n) is 2.94. The Morgan fingerprint density at radius 3 is 1.62 bits per heavy atom. The highest BCUT2D eigenvalue weighted by molar-refractivity contribution is 5.62. The van der Waals surface area contributed by atoms with E-state index in [4.69, 9.17) is 16.6 Å². The summed E-state index contributed by atoms with van der Waals surface area (Å²) in [6, 6.07) is 15.5. The molecule has 0 unspecified atom stereocenters. The SMILES string of the molecule is Nc1ccc([N+](CCO)(CCNCCO)c2ccc(N)cc2)cc1. The van der Waals surface area contributed by atoms with E-state index in [1.807, 2.05) is 48.5 Å². The zero-order valence-corrected chi connectivity index (χ0v) is 13.9. The van der Waals surface area contributed by atoms with Gasteiger partial charge in [-0.3, -0.25) is 4.48 Å². The van der Waals surface area contributed by atoms with E-state index in [0.717, 1.165) is 17.9 Å². The fourth-order valence-corrected chi connectivity index (χ4v) is 2.94. The first-order valence-electron chi connectivity index (χ1n) is 8.14. The molecule has 2 aromatic carbocycles. The third-order valence-corrected chi connectivity index (χ3v) is 4.22. The van der Waals surface area contributed by atoms with Gasteiger partial charge in [-0.1, -0.05) is 0 Å². The number of aliphatic hydroxyl groups is 2. The molecule has 0 heterocycles. The molecular weight excluding hydrogens is 304 g/mol. The first kappa shape index (κ1) is 18.2. The molecule has 0 amide bonds. The Balaban J connectivity index is 2.42. The molecule has 2 rings (SSSR count). The van der Waals surface area contributed by atoms with E-state index in [2.05, 4.69) is 5.32 Å². The number of rotatable bonds is 9. The molecule has 0 fully saturated rings. The molecule has 0 saturated carbocycles. The van der Waals surface area contributed by atoms with E-state index >= 15 is 0 Å². The van der Waals surface area contributed by atoms with E-state index in [1.54, 1.807) is 0 Å². The van der Waals surface area contributed by atoms with Crippen LogP contribution in [-0.2, 0) is 0 Å². The summed E-state index contributed by atoms with van der Waals surface area (Å²) in [6.45, 7) is 2.67. The van der Waals surface area contributed by atoms with Crippen molar-refractivity contribution in [2.24, 2.45) is 0 Å². The minimum Gasteiger partial charge on any atom is -0.399 e. The minimum absolute atomic E-state index is 0.0504. The normalized spacial score (nSPS) is 11.6. The van der Waals surface area contributed by atoms with Crippen LogP contribution in [0.5, 0.6) is 0 Å². The largest absolute Gasteiger partial charge is 0.399 e. The molecule has 0 radical (unpaired) electrons.